The van der Waals surface area contributed by atoms with E-state index < -0.39 is 17.5 Å². The summed E-state index contributed by atoms with van der Waals surface area (Å²) in [6.07, 6.45) is 1.42. The van der Waals surface area contributed by atoms with E-state index >= 15 is 0 Å². The van der Waals surface area contributed by atoms with Crippen LogP contribution in [-0.4, -0.2) is 15.9 Å². The van der Waals surface area contributed by atoms with E-state index in [1.807, 2.05) is 32.0 Å². The number of carbonyl (C=O) groups is 1. The Kier molecular flexibility index (Phi) is 4.88. The molecule has 26 heavy (non-hydrogen) atoms. The minimum Gasteiger partial charge on any atom is -0.324 e. The Hall–Kier alpha value is -3.35. The van der Waals surface area contributed by atoms with Gasteiger partial charge in [-0.3, -0.25) is 4.79 Å². The van der Waals surface area contributed by atoms with Crippen LogP contribution in [0, 0.1) is 25.5 Å². The molecule has 0 saturated heterocycles. The maximum absolute atomic E-state index is 13.7. The van der Waals surface area contributed by atoms with Gasteiger partial charge >= 0.3 is 0 Å². The number of rotatable bonds is 4. The van der Waals surface area contributed by atoms with Crippen LogP contribution in [0.1, 0.15) is 21.6 Å². The van der Waals surface area contributed by atoms with Crippen molar-refractivity contribution in [2.75, 3.05) is 10.6 Å². The fourth-order valence-electron chi connectivity index (χ4n) is 2.27. The number of halogens is 2. The second-order valence-corrected chi connectivity index (χ2v) is 5.77. The maximum atomic E-state index is 13.7. The van der Waals surface area contributed by atoms with Crippen molar-refractivity contribution in [2.24, 2.45) is 0 Å². The number of anilines is 3. The molecule has 2 aromatic carbocycles. The van der Waals surface area contributed by atoms with Gasteiger partial charge in [0, 0.05) is 18.0 Å². The largest absolute Gasteiger partial charge is 0.324 e. The Balaban J connectivity index is 1.77. The lowest BCUT2D eigenvalue weighted by atomic mass is 10.1. The van der Waals surface area contributed by atoms with Crippen molar-refractivity contribution < 1.29 is 13.6 Å². The Morgan fingerprint density at radius 2 is 1.81 bits per heavy atom. The predicted molar refractivity (Wildman–Crippen MR) is 95.5 cm³/mol. The second kappa shape index (κ2) is 7.26. The van der Waals surface area contributed by atoms with Crippen molar-refractivity contribution in [3.8, 4) is 0 Å². The van der Waals surface area contributed by atoms with Gasteiger partial charge in [-0.05, 0) is 55.3 Å². The first kappa shape index (κ1) is 17.5. The molecule has 0 bridgehead atoms. The van der Waals surface area contributed by atoms with E-state index in [0.717, 1.165) is 28.9 Å². The molecule has 0 unspecified atom stereocenters. The lowest BCUT2D eigenvalue weighted by Crippen LogP contribution is -2.15. The standard InChI is InChI=1S/C19H16F2N4O/c1-11-3-5-14(9-12(11)2)23-19-22-8-7-17(25-19)18(26)24-16-6-4-13(20)10-15(16)21/h3-10H,1-2H3,(H,24,26)(H,22,23,25). The zero-order valence-electron chi connectivity index (χ0n) is 14.2. The topological polar surface area (TPSA) is 66.9 Å². The van der Waals surface area contributed by atoms with Crippen LogP contribution in [0.25, 0.3) is 0 Å². The molecule has 3 rings (SSSR count). The molecular weight excluding hydrogens is 338 g/mol. The van der Waals surface area contributed by atoms with Crippen molar-refractivity contribution in [2.45, 2.75) is 13.8 Å². The fraction of sp³-hybridized carbons (Fsp3) is 0.105. The lowest BCUT2D eigenvalue weighted by Gasteiger charge is -2.09. The Bertz CT molecular complexity index is 976. The molecule has 3 aromatic rings. The summed E-state index contributed by atoms with van der Waals surface area (Å²) < 4.78 is 26.6. The van der Waals surface area contributed by atoms with Gasteiger partial charge in [-0.25, -0.2) is 18.7 Å². The van der Waals surface area contributed by atoms with Gasteiger partial charge in [0.25, 0.3) is 5.91 Å². The molecule has 0 aliphatic rings. The first-order chi connectivity index (χ1) is 12.4. The van der Waals surface area contributed by atoms with Gasteiger partial charge in [0.1, 0.15) is 17.3 Å². The predicted octanol–water partition coefficient (Wildman–Crippen LogP) is 4.37. The normalized spacial score (nSPS) is 10.5. The highest BCUT2D eigenvalue weighted by atomic mass is 19.1. The summed E-state index contributed by atoms with van der Waals surface area (Å²) in [5, 5.41) is 5.39. The van der Waals surface area contributed by atoms with Gasteiger partial charge in [-0.2, -0.15) is 0 Å². The van der Waals surface area contributed by atoms with Gasteiger partial charge in [-0.15, -0.1) is 0 Å². The van der Waals surface area contributed by atoms with E-state index in [-0.39, 0.29) is 17.3 Å². The van der Waals surface area contributed by atoms with Crippen LogP contribution in [0.3, 0.4) is 0 Å². The molecule has 7 heteroatoms. The molecule has 1 aromatic heterocycles. The minimum atomic E-state index is -0.860. The van der Waals surface area contributed by atoms with Crippen LogP contribution in [0.4, 0.5) is 26.1 Å². The molecule has 0 spiro atoms. The molecule has 0 radical (unpaired) electrons. The number of nitrogens with one attached hydrogen (secondary N) is 2. The molecule has 0 aliphatic carbocycles. The Labute approximate surface area is 149 Å². The first-order valence-electron chi connectivity index (χ1n) is 7.86. The van der Waals surface area contributed by atoms with Gasteiger partial charge in [0.2, 0.25) is 5.95 Å². The number of hydrogen-bond donors (Lipinski definition) is 2. The molecule has 132 valence electrons. The van der Waals surface area contributed by atoms with Crippen molar-refractivity contribution in [3.05, 3.63) is 77.1 Å². The van der Waals surface area contributed by atoms with Crippen molar-refractivity contribution in [3.63, 3.8) is 0 Å². The summed E-state index contributed by atoms with van der Waals surface area (Å²) in [6.45, 7) is 4.00. The quantitative estimate of drug-likeness (QED) is 0.730. The first-order valence-corrected chi connectivity index (χ1v) is 7.86. The maximum Gasteiger partial charge on any atom is 0.274 e. The summed E-state index contributed by atoms with van der Waals surface area (Å²) in [7, 11) is 0. The lowest BCUT2D eigenvalue weighted by molar-refractivity contribution is 0.102. The summed E-state index contributed by atoms with van der Waals surface area (Å²) in [5.41, 5.74) is 2.98. The number of benzene rings is 2. The highest BCUT2D eigenvalue weighted by molar-refractivity contribution is 6.03. The van der Waals surface area contributed by atoms with Crippen LogP contribution < -0.4 is 10.6 Å². The van der Waals surface area contributed by atoms with E-state index in [1.165, 1.54) is 12.3 Å². The molecule has 1 heterocycles. The van der Waals surface area contributed by atoms with Crippen molar-refractivity contribution >= 4 is 23.2 Å². The molecule has 0 atom stereocenters. The summed E-state index contributed by atoms with van der Waals surface area (Å²) in [4.78, 5) is 20.5. The molecule has 5 nitrogen and oxygen atoms in total. The van der Waals surface area contributed by atoms with Gasteiger partial charge in [-0.1, -0.05) is 6.07 Å². The Morgan fingerprint density at radius 1 is 1.00 bits per heavy atom. The van der Waals surface area contributed by atoms with E-state index in [4.69, 9.17) is 0 Å². The average molecular weight is 354 g/mol. The SMILES string of the molecule is Cc1ccc(Nc2nccc(C(=O)Nc3ccc(F)cc3F)n2)cc1C. The smallest absolute Gasteiger partial charge is 0.274 e. The van der Waals surface area contributed by atoms with Crippen molar-refractivity contribution in [1.82, 2.24) is 9.97 Å². The van der Waals surface area contributed by atoms with Crippen LogP contribution in [-0.2, 0) is 0 Å². The number of amides is 1. The van der Waals surface area contributed by atoms with E-state index in [1.54, 1.807) is 0 Å². The molecular formula is C19H16F2N4O. The van der Waals surface area contributed by atoms with Gasteiger partial charge in [0.15, 0.2) is 0 Å². The zero-order chi connectivity index (χ0) is 18.7. The van der Waals surface area contributed by atoms with E-state index in [2.05, 4.69) is 20.6 Å². The van der Waals surface area contributed by atoms with Crippen LogP contribution in [0.2, 0.25) is 0 Å². The van der Waals surface area contributed by atoms with E-state index in [9.17, 15) is 13.6 Å². The van der Waals surface area contributed by atoms with E-state index in [0.29, 0.717) is 6.07 Å². The fourth-order valence-corrected chi connectivity index (χ4v) is 2.27. The monoisotopic (exact) mass is 354 g/mol. The van der Waals surface area contributed by atoms with Crippen LogP contribution in [0.15, 0.2) is 48.7 Å². The van der Waals surface area contributed by atoms with Crippen LogP contribution >= 0.6 is 0 Å². The molecule has 1 amide bonds. The third kappa shape index (κ3) is 4.00. The second-order valence-electron chi connectivity index (χ2n) is 5.77. The summed E-state index contributed by atoms with van der Waals surface area (Å²) in [5.74, 6) is -1.97. The van der Waals surface area contributed by atoms with Gasteiger partial charge in [0.05, 0.1) is 5.69 Å². The number of aromatic nitrogens is 2. The summed E-state index contributed by atoms with van der Waals surface area (Å²) >= 11 is 0. The number of hydrogen-bond acceptors (Lipinski definition) is 4. The Morgan fingerprint density at radius 3 is 2.54 bits per heavy atom. The van der Waals surface area contributed by atoms with Crippen molar-refractivity contribution in [1.29, 1.82) is 0 Å². The summed E-state index contributed by atoms with van der Waals surface area (Å²) in [6, 6.07) is 10.1. The highest BCUT2D eigenvalue weighted by Gasteiger charge is 2.12. The van der Waals surface area contributed by atoms with Crippen LogP contribution in [0.5, 0.6) is 0 Å². The molecule has 0 fully saturated rings. The zero-order valence-corrected chi connectivity index (χ0v) is 14.2. The minimum absolute atomic E-state index is 0.0510. The number of carbonyl (C=O) groups excluding carboxylic acids is 1. The number of nitrogens with zero attached hydrogens (tertiary/aromatic N) is 2. The molecule has 0 saturated carbocycles. The number of aryl methyl sites for hydroxylation is 2. The highest BCUT2D eigenvalue weighted by Crippen LogP contribution is 2.18. The third-order valence-electron chi connectivity index (χ3n) is 3.83. The average Bonchev–Trinajstić information content (AvgIpc) is 2.61. The molecule has 0 aliphatic heterocycles. The molecule has 2 N–H and O–H groups in total. The third-order valence-corrected chi connectivity index (χ3v) is 3.83. The van der Waals surface area contributed by atoms with Gasteiger partial charge < -0.3 is 10.6 Å².